The maximum absolute atomic E-state index is 12.7. The van der Waals surface area contributed by atoms with E-state index in [1.54, 1.807) is 0 Å². The zero-order valence-corrected chi connectivity index (χ0v) is 16.9. The summed E-state index contributed by atoms with van der Waals surface area (Å²) in [7, 11) is 0. The number of amides is 1. The highest BCUT2D eigenvalue weighted by molar-refractivity contribution is 5.80. The average molecular weight is 396 g/mol. The van der Waals surface area contributed by atoms with E-state index < -0.39 is 11.4 Å². The summed E-state index contributed by atoms with van der Waals surface area (Å²) in [6.07, 6.45) is 5.38. The molecule has 4 rings (SSSR count). The number of likely N-dealkylation sites (tertiary alicyclic amines) is 1. The molecule has 1 saturated carbocycles. The van der Waals surface area contributed by atoms with Gasteiger partial charge in [-0.3, -0.25) is 9.59 Å². The Morgan fingerprint density at radius 1 is 1.21 bits per heavy atom. The summed E-state index contributed by atoms with van der Waals surface area (Å²) in [4.78, 5) is 26.7. The van der Waals surface area contributed by atoms with Crippen LogP contribution in [0.4, 0.5) is 0 Å². The fourth-order valence-corrected chi connectivity index (χ4v) is 4.77. The van der Waals surface area contributed by atoms with E-state index in [4.69, 9.17) is 4.52 Å². The average Bonchev–Trinajstić information content (AvgIpc) is 3.40. The van der Waals surface area contributed by atoms with E-state index in [2.05, 4.69) is 5.16 Å². The topological polar surface area (TPSA) is 83.6 Å². The molecular weight excluding hydrogens is 368 g/mol. The van der Waals surface area contributed by atoms with Gasteiger partial charge in [-0.1, -0.05) is 42.3 Å². The highest BCUT2D eigenvalue weighted by atomic mass is 16.5. The number of carboxylic acids is 1. The Balaban J connectivity index is 1.46. The largest absolute Gasteiger partial charge is 0.481 e. The lowest BCUT2D eigenvalue weighted by Crippen LogP contribution is -2.48. The highest BCUT2D eigenvalue weighted by Gasteiger charge is 2.44. The van der Waals surface area contributed by atoms with Crippen LogP contribution >= 0.6 is 0 Å². The second-order valence-electron chi connectivity index (χ2n) is 8.56. The van der Waals surface area contributed by atoms with Gasteiger partial charge in [0.1, 0.15) is 11.5 Å². The molecule has 1 aliphatic heterocycles. The van der Waals surface area contributed by atoms with Gasteiger partial charge in [-0.2, -0.15) is 0 Å². The number of piperidine rings is 1. The summed E-state index contributed by atoms with van der Waals surface area (Å²) in [5.74, 6) is 0.113. The minimum atomic E-state index is -0.908. The Morgan fingerprint density at radius 3 is 2.55 bits per heavy atom. The summed E-state index contributed by atoms with van der Waals surface area (Å²) in [5.41, 5.74) is 1.91. The fraction of sp³-hybridized carbons (Fsp3) is 0.522. The lowest BCUT2D eigenvalue weighted by molar-refractivity contribution is -0.155. The second kappa shape index (κ2) is 8.01. The van der Waals surface area contributed by atoms with Crippen LogP contribution in [0.25, 0.3) is 11.3 Å². The summed E-state index contributed by atoms with van der Waals surface area (Å²) in [6.45, 7) is 3.01. The molecule has 1 amide bonds. The molecule has 0 atom stereocenters. The molecule has 1 N–H and O–H groups in total. The van der Waals surface area contributed by atoms with Gasteiger partial charge in [0.25, 0.3) is 0 Å². The van der Waals surface area contributed by atoms with Crippen LogP contribution in [0.15, 0.2) is 34.9 Å². The van der Waals surface area contributed by atoms with E-state index in [0.29, 0.717) is 38.1 Å². The van der Waals surface area contributed by atoms with Crippen molar-refractivity contribution >= 4 is 11.9 Å². The van der Waals surface area contributed by atoms with Gasteiger partial charge < -0.3 is 14.5 Å². The van der Waals surface area contributed by atoms with Crippen LogP contribution in [0.1, 0.15) is 49.8 Å². The number of aliphatic carboxylic acids is 1. The Hall–Kier alpha value is -2.63. The first-order valence-corrected chi connectivity index (χ1v) is 10.5. The van der Waals surface area contributed by atoms with Crippen LogP contribution in [-0.4, -0.2) is 40.1 Å². The Labute approximate surface area is 170 Å². The van der Waals surface area contributed by atoms with Crippen LogP contribution in [0.2, 0.25) is 0 Å². The maximum Gasteiger partial charge on any atom is 0.310 e. The van der Waals surface area contributed by atoms with Crippen molar-refractivity contribution < 1.29 is 19.2 Å². The Bertz CT molecular complexity index is 890. The van der Waals surface area contributed by atoms with Crippen molar-refractivity contribution in [1.82, 2.24) is 10.1 Å². The van der Waals surface area contributed by atoms with Gasteiger partial charge in [-0.25, -0.2) is 0 Å². The van der Waals surface area contributed by atoms with E-state index in [1.807, 2.05) is 42.2 Å². The van der Waals surface area contributed by atoms with E-state index in [0.717, 1.165) is 42.5 Å². The van der Waals surface area contributed by atoms with Gasteiger partial charge in [0.05, 0.1) is 5.41 Å². The third kappa shape index (κ3) is 3.93. The van der Waals surface area contributed by atoms with Crippen molar-refractivity contribution in [3.8, 4) is 11.3 Å². The quantitative estimate of drug-likeness (QED) is 0.823. The van der Waals surface area contributed by atoms with E-state index in [-0.39, 0.29) is 11.8 Å². The number of carbonyl (C=O) groups is 2. The first kappa shape index (κ1) is 19.7. The molecule has 6 nitrogen and oxygen atoms in total. The van der Waals surface area contributed by atoms with Crippen LogP contribution in [0.5, 0.6) is 0 Å². The molecule has 2 aliphatic rings. The summed E-state index contributed by atoms with van der Waals surface area (Å²) >= 11 is 0. The molecule has 0 unspecified atom stereocenters. The Morgan fingerprint density at radius 2 is 1.90 bits per heavy atom. The monoisotopic (exact) mass is 396 g/mol. The lowest BCUT2D eigenvalue weighted by atomic mass is 9.74. The first-order valence-electron chi connectivity index (χ1n) is 10.5. The van der Waals surface area contributed by atoms with E-state index in [1.165, 1.54) is 0 Å². The van der Waals surface area contributed by atoms with E-state index in [9.17, 15) is 14.7 Å². The molecule has 154 valence electrons. The van der Waals surface area contributed by atoms with Gasteiger partial charge >= 0.3 is 5.97 Å². The van der Waals surface area contributed by atoms with Crippen LogP contribution < -0.4 is 0 Å². The fourth-order valence-electron chi connectivity index (χ4n) is 4.77. The summed E-state index contributed by atoms with van der Waals surface area (Å²) < 4.78 is 5.51. The molecule has 0 bridgehead atoms. The standard InChI is InChI=1S/C23H28N2O4/c1-16-6-2-5-9-19(16)20-14-18(29-24-20)15-23(22(27)28)10-12-25(13-11-23)21(26)17-7-3-4-8-17/h2,5-6,9,14,17H,3-4,7-8,10-13,15H2,1H3,(H,27,28). The SMILES string of the molecule is Cc1ccccc1-c1cc(CC2(C(=O)O)CCN(C(=O)C3CCCC3)CC2)on1. The molecule has 0 radical (unpaired) electrons. The third-order valence-electron chi connectivity index (χ3n) is 6.68. The number of aryl methyl sites for hydroxylation is 1. The van der Waals surface area contributed by atoms with Crippen LogP contribution in [0.3, 0.4) is 0 Å². The number of aromatic nitrogens is 1. The van der Waals surface area contributed by atoms with E-state index >= 15 is 0 Å². The summed E-state index contributed by atoms with van der Waals surface area (Å²) in [6, 6.07) is 9.77. The predicted octanol–water partition coefficient (Wildman–Crippen LogP) is 4.08. The molecule has 29 heavy (non-hydrogen) atoms. The minimum absolute atomic E-state index is 0.137. The zero-order valence-electron chi connectivity index (χ0n) is 16.9. The molecule has 0 spiro atoms. The van der Waals surface area contributed by atoms with Crippen molar-refractivity contribution in [2.24, 2.45) is 11.3 Å². The lowest BCUT2D eigenvalue weighted by Gasteiger charge is -2.39. The zero-order chi connectivity index (χ0) is 20.4. The number of carboxylic acid groups (broad SMARTS) is 1. The molecule has 6 heteroatoms. The van der Waals surface area contributed by atoms with Crippen LogP contribution in [-0.2, 0) is 16.0 Å². The molecule has 1 aromatic carbocycles. The Kier molecular flexibility index (Phi) is 5.43. The van der Waals surface area contributed by atoms with Gasteiger partial charge in [0, 0.05) is 37.1 Å². The number of hydrogen-bond donors (Lipinski definition) is 1. The number of hydrogen-bond acceptors (Lipinski definition) is 4. The van der Waals surface area contributed by atoms with Crippen molar-refractivity contribution in [2.45, 2.75) is 51.9 Å². The van der Waals surface area contributed by atoms with Gasteiger partial charge in [0.15, 0.2) is 0 Å². The number of rotatable bonds is 5. The third-order valence-corrected chi connectivity index (χ3v) is 6.68. The van der Waals surface area contributed by atoms with Gasteiger partial charge in [-0.15, -0.1) is 0 Å². The smallest absolute Gasteiger partial charge is 0.310 e. The first-order chi connectivity index (χ1) is 14.0. The second-order valence-corrected chi connectivity index (χ2v) is 8.56. The molecule has 1 aliphatic carbocycles. The predicted molar refractivity (Wildman–Crippen MR) is 108 cm³/mol. The van der Waals surface area contributed by atoms with Gasteiger partial charge in [-0.05, 0) is 38.2 Å². The van der Waals surface area contributed by atoms with Crippen molar-refractivity contribution in [3.63, 3.8) is 0 Å². The molecule has 2 fully saturated rings. The molecular formula is C23H28N2O4. The number of nitrogens with zero attached hydrogens (tertiary/aromatic N) is 2. The highest BCUT2D eigenvalue weighted by Crippen LogP contribution is 2.38. The van der Waals surface area contributed by atoms with Crippen LogP contribution in [0, 0.1) is 18.3 Å². The number of carbonyl (C=O) groups excluding carboxylic acids is 1. The molecule has 1 aromatic heterocycles. The molecule has 1 saturated heterocycles. The number of benzene rings is 1. The summed E-state index contributed by atoms with van der Waals surface area (Å²) in [5, 5.41) is 14.2. The normalized spacial score (nSPS) is 19.4. The minimum Gasteiger partial charge on any atom is -0.481 e. The van der Waals surface area contributed by atoms with Crippen molar-refractivity contribution in [3.05, 3.63) is 41.7 Å². The maximum atomic E-state index is 12.7. The van der Waals surface area contributed by atoms with Crippen molar-refractivity contribution in [2.75, 3.05) is 13.1 Å². The molecule has 2 aromatic rings. The van der Waals surface area contributed by atoms with Crippen molar-refractivity contribution in [1.29, 1.82) is 0 Å². The molecule has 2 heterocycles. The van der Waals surface area contributed by atoms with Gasteiger partial charge in [0.2, 0.25) is 5.91 Å².